The maximum Gasteiger partial charge on any atom is 0.206 e. The van der Waals surface area contributed by atoms with Crippen molar-refractivity contribution in [3.05, 3.63) is 54.1 Å². The molecule has 0 spiro atoms. The summed E-state index contributed by atoms with van der Waals surface area (Å²) in [4.78, 5) is 3.09. The van der Waals surface area contributed by atoms with E-state index in [0.717, 1.165) is 12.8 Å². The highest BCUT2D eigenvalue weighted by molar-refractivity contribution is 7.91. The lowest BCUT2D eigenvalue weighted by atomic mass is 9.88. The number of hydrogen-bond acceptors (Lipinski definition) is 4. The molecule has 1 saturated heterocycles. The molecule has 4 rings (SSSR count). The second kappa shape index (κ2) is 6.39. The molecule has 0 aliphatic carbocycles. The van der Waals surface area contributed by atoms with Crippen molar-refractivity contribution in [2.24, 2.45) is 0 Å². The monoisotopic (exact) mass is 370 g/mol. The number of nitrogens with one attached hydrogen (secondary N) is 1. The number of nitrogens with zero attached hydrogens (tertiary/aromatic N) is 1. The zero-order chi connectivity index (χ0) is 18.5. The summed E-state index contributed by atoms with van der Waals surface area (Å²) in [6, 6.07) is 15.7. The number of benzene rings is 2. The molecule has 0 saturated carbocycles. The van der Waals surface area contributed by atoms with Gasteiger partial charge in [-0.3, -0.25) is 0 Å². The molecule has 1 N–H and O–H groups in total. The second-order valence-corrected chi connectivity index (χ2v) is 9.71. The van der Waals surface area contributed by atoms with Crippen LogP contribution in [0.4, 0.5) is 5.69 Å². The zero-order valence-corrected chi connectivity index (χ0v) is 16.3. The summed E-state index contributed by atoms with van der Waals surface area (Å²) >= 11 is 0. The van der Waals surface area contributed by atoms with Gasteiger partial charge < -0.3 is 10.2 Å². The summed E-state index contributed by atoms with van der Waals surface area (Å²) < 4.78 is 26.1. The van der Waals surface area contributed by atoms with Gasteiger partial charge in [-0.15, -0.1) is 0 Å². The number of likely N-dealkylation sites (N-methyl/N-ethyl adjacent to an activating group) is 1. The average Bonchev–Trinajstić information content (AvgIpc) is 2.77. The van der Waals surface area contributed by atoms with E-state index in [-0.39, 0.29) is 0 Å². The van der Waals surface area contributed by atoms with Gasteiger partial charge in [0.25, 0.3) is 0 Å². The number of rotatable bonds is 2. The first-order valence-corrected chi connectivity index (χ1v) is 10.8. The van der Waals surface area contributed by atoms with E-state index in [9.17, 15) is 8.42 Å². The normalized spacial score (nSPS) is 28.3. The van der Waals surface area contributed by atoms with Gasteiger partial charge >= 0.3 is 0 Å². The van der Waals surface area contributed by atoms with E-state index in [2.05, 4.69) is 31.1 Å². The Bertz CT molecular complexity index is 911. The molecule has 0 aromatic heterocycles. The fourth-order valence-electron chi connectivity index (χ4n) is 4.68. The molecule has 2 aliphatic heterocycles. The lowest BCUT2D eigenvalue weighted by Crippen LogP contribution is -2.36. The van der Waals surface area contributed by atoms with Gasteiger partial charge in [0.15, 0.2) is 0 Å². The Morgan fingerprint density at radius 2 is 1.65 bits per heavy atom. The van der Waals surface area contributed by atoms with Crippen LogP contribution in [0.2, 0.25) is 0 Å². The Balaban J connectivity index is 1.78. The molecule has 2 aromatic carbocycles. The van der Waals surface area contributed by atoms with Crippen LogP contribution in [0.5, 0.6) is 0 Å². The number of hydrogen-bond donors (Lipinski definition) is 1. The third-order valence-electron chi connectivity index (χ3n) is 5.88. The molecule has 2 aliphatic rings. The van der Waals surface area contributed by atoms with Crippen molar-refractivity contribution >= 4 is 15.5 Å². The van der Waals surface area contributed by atoms with E-state index in [1.165, 1.54) is 11.3 Å². The minimum absolute atomic E-state index is 0.354. The quantitative estimate of drug-likeness (QED) is 0.878. The molecule has 2 aromatic rings. The van der Waals surface area contributed by atoms with Gasteiger partial charge in [-0.2, -0.15) is 0 Å². The number of sulfone groups is 1. The van der Waals surface area contributed by atoms with Crippen LogP contribution in [0.3, 0.4) is 0 Å². The van der Waals surface area contributed by atoms with E-state index in [1.807, 2.05) is 18.2 Å². The summed E-state index contributed by atoms with van der Waals surface area (Å²) in [6.45, 7) is 4.46. The van der Waals surface area contributed by atoms with Crippen molar-refractivity contribution in [3.8, 4) is 0 Å². The molecular formula is C21H26N2O2S. The highest BCUT2D eigenvalue weighted by atomic mass is 32.2. The third-order valence-corrected chi connectivity index (χ3v) is 7.64. The molecular weight excluding hydrogens is 344 g/mol. The van der Waals surface area contributed by atoms with Crippen LogP contribution in [0.25, 0.3) is 0 Å². The van der Waals surface area contributed by atoms with Crippen LogP contribution in [0.1, 0.15) is 38.2 Å². The van der Waals surface area contributed by atoms with Crippen LogP contribution >= 0.6 is 0 Å². The van der Waals surface area contributed by atoms with E-state index in [0.29, 0.717) is 33.8 Å². The van der Waals surface area contributed by atoms with Crippen molar-refractivity contribution in [2.45, 2.75) is 60.5 Å². The first-order chi connectivity index (χ1) is 12.4. The lowest BCUT2D eigenvalue weighted by molar-refractivity contribution is 0.466. The number of fused-ring (bicyclic) bond motifs is 3. The van der Waals surface area contributed by atoms with Crippen molar-refractivity contribution in [3.63, 3.8) is 0 Å². The van der Waals surface area contributed by atoms with Gasteiger partial charge in [0.2, 0.25) is 9.84 Å². The Kier molecular flexibility index (Phi) is 4.32. The summed E-state index contributed by atoms with van der Waals surface area (Å²) in [5, 5.41) is 3.65. The Labute approximate surface area is 156 Å². The molecule has 0 bridgehead atoms. The van der Waals surface area contributed by atoms with E-state index >= 15 is 0 Å². The molecule has 0 amide bonds. The van der Waals surface area contributed by atoms with Crippen LogP contribution in [0.15, 0.2) is 58.3 Å². The summed E-state index contributed by atoms with van der Waals surface area (Å²) in [7, 11) is -1.35. The predicted octanol–water partition coefficient (Wildman–Crippen LogP) is 3.58. The largest absolute Gasteiger partial charge is 0.371 e. The van der Waals surface area contributed by atoms with E-state index in [4.69, 9.17) is 0 Å². The molecule has 2 heterocycles. The van der Waals surface area contributed by atoms with Crippen molar-refractivity contribution in [1.82, 2.24) is 5.32 Å². The SMILES string of the molecule is CC1CC2[C@H](CC(C)N1)c1cc(S(=O)(=O)c3ccccc3)ccc1N2C. The Hall–Kier alpha value is -1.85. The van der Waals surface area contributed by atoms with Gasteiger partial charge in [0, 0.05) is 36.8 Å². The zero-order valence-electron chi connectivity index (χ0n) is 15.5. The maximum absolute atomic E-state index is 13.0. The maximum atomic E-state index is 13.0. The fourth-order valence-corrected chi connectivity index (χ4v) is 6.00. The lowest BCUT2D eigenvalue weighted by Gasteiger charge is -2.26. The smallest absolute Gasteiger partial charge is 0.206 e. The molecule has 4 nitrogen and oxygen atoms in total. The summed E-state index contributed by atoms with van der Waals surface area (Å²) in [5.74, 6) is 0.369. The van der Waals surface area contributed by atoms with Gasteiger partial charge in [-0.1, -0.05) is 18.2 Å². The summed E-state index contributed by atoms with van der Waals surface area (Å²) in [6.07, 6.45) is 2.10. The van der Waals surface area contributed by atoms with Crippen LogP contribution in [-0.2, 0) is 9.84 Å². The number of anilines is 1. The van der Waals surface area contributed by atoms with Gasteiger partial charge in [0.1, 0.15) is 0 Å². The summed E-state index contributed by atoms with van der Waals surface area (Å²) in [5.41, 5.74) is 2.35. The highest BCUT2D eigenvalue weighted by Gasteiger charge is 2.40. The van der Waals surface area contributed by atoms with Gasteiger partial charge in [-0.05, 0) is 62.6 Å². The van der Waals surface area contributed by atoms with E-state index in [1.54, 1.807) is 30.3 Å². The first-order valence-electron chi connectivity index (χ1n) is 9.31. The van der Waals surface area contributed by atoms with Crippen molar-refractivity contribution < 1.29 is 8.42 Å². The minimum atomic E-state index is -3.48. The Morgan fingerprint density at radius 3 is 2.38 bits per heavy atom. The predicted molar refractivity (Wildman–Crippen MR) is 105 cm³/mol. The second-order valence-electron chi connectivity index (χ2n) is 7.76. The average molecular weight is 371 g/mol. The first kappa shape index (κ1) is 17.6. The van der Waals surface area contributed by atoms with Crippen LogP contribution in [-0.4, -0.2) is 33.6 Å². The standard InChI is InChI=1S/C21H26N2O2S/c1-14-11-18-19-13-17(26(24,25)16-7-5-4-6-8-16)9-10-20(19)23(3)21(18)12-15(2)22-14/h4-10,13-15,18,21-22H,11-12H2,1-3H3/t14?,15?,18-,21?/m1/s1. The van der Waals surface area contributed by atoms with Gasteiger partial charge in [-0.25, -0.2) is 8.42 Å². The van der Waals surface area contributed by atoms with Crippen LogP contribution in [0, 0.1) is 0 Å². The molecule has 138 valence electrons. The Morgan fingerprint density at radius 1 is 0.962 bits per heavy atom. The topological polar surface area (TPSA) is 49.4 Å². The molecule has 1 fully saturated rings. The van der Waals surface area contributed by atoms with Crippen LogP contribution < -0.4 is 10.2 Å². The third kappa shape index (κ3) is 2.83. The van der Waals surface area contributed by atoms with Gasteiger partial charge in [0.05, 0.1) is 9.79 Å². The van der Waals surface area contributed by atoms with Crippen molar-refractivity contribution in [1.29, 1.82) is 0 Å². The van der Waals surface area contributed by atoms with E-state index < -0.39 is 9.84 Å². The highest BCUT2D eigenvalue weighted by Crippen LogP contribution is 2.46. The molecule has 26 heavy (non-hydrogen) atoms. The van der Waals surface area contributed by atoms with Crippen molar-refractivity contribution in [2.75, 3.05) is 11.9 Å². The molecule has 5 heteroatoms. The molecule has 3 unspecified atom stereocenters. The molecule has 4 atom stereocenters. The minimum Gasteiger partial charge on any atom is -0.371 e. The molecule has 0 radical (unpaired) electrons. The fraction of sp³-hybridized carbons (Fsp3) is 0.429.